The van der Waals surface area contributed by atoms with Crippen LogP contribution in [0.1, 0.15) is 71.6 Å². The van der Waals surface area contributed by atoms with Gasteiger partial charge in [0.05, 0.1) is 0 Å². The summed E-state index contributed by atoms with van der Waals surface area (Å²) < 4.78 is 0. The average Bonchev–Trinajstić information content (AvgIpc) is 2.88. The van der Waals surface area contributed by atoms with E-state index >= 15 is 0 Å². The predicted molar refractivity (Wildman–Crippen MR) is 103 cm³/mol. The van der Waals surface area contributed by atoms with Crippen LogP contribution in [0.3, 0.4) is 0 Å². The van der Waals surface area contributed by atoms with Crippen LogP contribution in [-0.2, 0) is 9.59 Å². The summed E-state index contributed by atoms with van der Waals surface area (Å²) in [6, 6.07) is -1.08. The Balaban J connectivity index is 1.54. The summed E-state index contributed by atoms with van der Waals surface area (Å²) in [5, 5.41) is 7.89. The maximum absolute atomic E-state index is 12.9. The molecule has 28 heavy (non-hydrogen) atoms. The number of carbonyl (C=O) groups excluding carboxylic acids is 4. The molecule has 6 amide bonds. The van der Waals surface area contributed by atoms with Gasteiger partial charge in [0.2, 0.25) is 5.91 Å². The van der Waals surface area contributed by atoms with Crippen molar-refractivity contribution in [3.8, 4) is 0 Å². The SMILES string of the molecule is C[C@H]1CCCC[C@H]1NC(=O)NC(=O)CN1C(=O)N[C@](C)(C2CCCCC2)C1=O. The molecule has 8 heteroatoms. The molecule has 3 rings (SSSR count). The van der Waals surface area contributed by atoms with Crippen molar-refractivity contribution in [2.75, 3.05) is 6.54 Å². The number of hydrogen-bond acceptors (Lipinski definition) is 4. The van der Waals surface area contributed by atoms with Crippen molar-refractivity contribution in [3.05, 3.63) is 0 Å². The van der Waals surface area contributed by atoms with Crippen molar-refractivity contribution in [2.45, 2.75) is 83.2 Å². The molecule has 0 radical (unpaired) electrons. The van der Waals surface area contributed by atoms with Gasteiger partial charge in [-0.05, 0) is 44.4 Å². The largest absolute Gasteiger partial charge is 0.335 e. The van der Waals surface area contributed by atoms with Crippen LogP contribution in [0.15, 0.2) is 0 Å². The highest BCUT2D eigenvalue weighted by Crippen LogP contribution is 2.36. The second-order valence-corrected chi connectivity index (χ2v) is 8.75. The Bertz CT molecular complexity index is 646. The predicted octanol–water partition coefficient (Wildman–Crippen LogP) is 2.28. The third-order valence-electron chi connectivity index (χ3n) is 6.71. The van der Waals surface area contributed by atoms with Gasteiger partial charge in [0, 0.05) is 6.04 Å². The molecule has 0 unspecified atom stereocenters. The minimum Gasteiger partial charge on any atom is -0.335 e. The van der Waals surface area contributed by atoms with E-state index < -0.39 is 30.1 Å². The molecule has 1 saturated heterocycles. The topological polar surface area (TPSA) is 108 Å². The number of carbonyl (C=O) groups is 4. The number of amides is 6. The zero-order valence-electron chi connectivity index (χ0n) is 16.9. The molecule has 3 aliphatic rings. The molecule has 0 aromatic rings. The van der Waals surface area contributed by atoms with Crippen LogP contribution in [-0.4, -0.2) is 46.9 Å². The third-order valence-corrected chi connectivity index (χ3v) is 6.71. The Hall–Kier alpha value is -2.12. The molecular weight excluding hydrogens is 360 g/mol. The van der Waals surface area contributed by atoms with Crippen LogP contribution in [0.5, 0.6) is 0 Å². The number of hydrogen-bond donors (Lipinski definition) is 3. The highest BCUT2D eigenvalue weighted by atomic mass is 16.2. The molecule has 0 spiro atoms. The molecule has 1 heterocycles. The van der Waals surface area contributed by atoms with Crippen molar-refractivity contribution in [2.24, 2.45) is 11.8 Å². The first-order valence-corrected chi connectivity index (χ1v) is 10.6. The Labute approximate surface area is 166 Å². The van der Waals surface area contributed by atoms with E-state index in [-0.39, 0.29) is 17.9 Å². The quantitative estimate of drug-likeness (QED) is 0.638. The lowest BCUT2D eigenvalue weighted by molar-refractivity contribution is -0.136. The molecule has 0 aromatic heterocycles. The second-order valence-electron chi connectivity index (χ2n) is 8.75. The number of rotatable bonds is 4. The Morgan fingerprint density at radius 1 is 1.07 bits per heavy atom. The Morgan fingerprint density at radius 2 is 1.71 bits per heavy atom. The fraction of sp³-hybridized carbons (Fsp3) is 0.800. The molecule has 3 atom stereocenters. The number of nitrogens with one attached hydrogen (secondary N) is 3. The normalized spacial score (nSPS) is 31.4. The van der Waals surface area contributed by atoms with Crippen LogP contribution in [0.4, 0.5) is 9.59 Å². The molecule has 2 aliphatic carbocycles. The van der Waals surface area contributed by atoms with E-state index in [1.807, 2.05) is 0 Å². The van der Waals surface area contributed by atoms with E-state index in [2.05, 4.69) is 22.9 Å². The number of imide groups is 2. The third kappa shape index (κ3) is 4.31. The lowest BCUT2D eigenvalue weighted by Gasteiger charge is -2.34. The summed E-state index contributed by atoms with van der Waals surface area (Å²) in [6.45, 7) is 3.39. The van der Waals surface area contributed by atoms with E-state index in [1.54, 1.807) is 6.92 Å². The summed E-state index contributed by atoms with van der Waals surface area (Å²) in [5.74, 6) is -0.572. The molecular formula is C20H32N4O4. The highest BCUT2D eigenvalue weighted by molar-refractivity contribution is 6.10. The average molecular weight is 393 g/mol. The Morgan fingerprint density at radius 3 is 2.39 bits per heavy atom. The van der Waals surface area contributed by atoms with Crippen molar-refractivity contribution < 1.29 is 19.2 Å². The van der Waals surface area contributed by atoms with Gasteiger partial charge in [0.1, 0.15) is 12.1 Å². The first-order chi connectivity index (χ1) is 13.3. The standard InChI is InChI=1S/C20H32N4O4/c1-13-8-6-7-11-15(13)21-18(27)22-16(25)12-24-17(26)20(2,23-19(24)28)14-9-4-3-5-10-14/h13-15H,3-12H2,1-2H3,(H,23,28)(H2,21,22,25,27)/t13-,15+,20+/m0/s1. The fourth-order valence-corrected chi connectivity index (χ4v) is 4.86. The molecule has 0 bridgehead atoms. The van der Waals surface area contributed by atoms with Crippen LogP contribution < -0.4 is 16.0 Å². The Kier molecular flexibility index (Phi) is 6.25. The first kappa shape index (κ1) is 20.6. The van der Waals surface area contributed by atoms with Crippen LogP contribution in [0.2, 0.25) is 0 Å². The van der Waals surface area contributed by atoms with Crippen molar-refractivity contribution in [1.82, 2.24) is 20.9 Å². The number of nitrogens with zero attached hydrogens (tertiary/aromatic N) is 1. The maximum Gasteiger partial charge on any atom is 0.325 e. The van der Waals surface area contributed by atoms with Gasteiger partial charge in [-0.15, -0.1) is 0 Å². The minimum atomic E-state index is -0.961. The summed E-state index contributed by atoms with van der Waals surface area (Å²) in [4.78, 5) is 50.5. The molecule has 8 nitrogen and oxygen atoms in total. The van der Waals surface area contributed by atoms with E-state index in [1.165, 1.54) is 0 Å². The van der Waals surface area contributed by atoms with Crippen molar-refractivity contribution in [3.63, 3.8) is 0 Å². The zero-order valence-corrected chi connectivity index (χ0v) is 16.9. The lowest BCUT2D eigenvalue weighted by atomic mass is 9.75. The molecule has 156 valence electrons. The summed E-state index contributed by atoms with van der Waals surface area (Å²) in [7, 11) is 0. The number of urea groups is 2. The lowest BCUT2D eigenvalue weighted by Crippen LogP contribution is -2.52. The second kappa shape index (κ2) is 8.49. The fourth-order valence-electron chi connectivity index (χ4n) is 4.86. The molecule has 2 saturated carbocycles. The van der Waals surface area contributed by atoms with Crippen LogP contribution in [0, 0.1) is 11.8 Å². The van der Waals surface area contributed by atoms with E-state index in [0.717, 1.165) is 62.7 Å². The minimum absolute atomic E-state index is 0.0489. The molecule has 3 N–H and O–H groups in total. The van der Waals surface area contributed by atoms with E-state index in [9.17, 15) is 19.2 Å². The summed E-state index contributed by atoms with van der Waals surface area (Å²) in [5.41, 5.74) is -0.961. The van der Waals surface area contributed by atoms with Gasteiger partial charge in [-0.25, -0.2) is 9.59 Å². The van der Waals surface area contributed by atoms with Crippen molar-refractivity contribution >= 4 is 23.9 Å². The van der Waals surface area contributed by atoms with Crippen molar-refractivity contribution in [1.29, 1.82) is 0 Å². The summed E-state index contributed by atoms with van der Waals surface area (Å²) >= 11 is 0. The highest BCUT2D eigenvalue weighted by Gasteiger charge is 2.52. The van der Waals surface area contributed by atoms with Crippen LogP contribution in [0.25, 0.3) is 0 Å². The molecule has 1 aliphatic heterocycles. The van der Waals surface area contributed by atoms with E-state index in [0.29, 0.717) is 5.92 Å². The summed E-state index contributed by atoms with van der Waals surface area (Å²) in [6.07, 6.45) is 9.20. The van der Waals surface area contributed by atoms with Gasteiger partial charge in [-0.3, -0.25) is 19.8 Å². The monoisotopic (exact) mass is 392 g/mol. The van der Waals surface area contributed by atoms with Gasteiger partial charge in [0.15, 0.2) is 0 Å². The maximum atomic E-state index is 12.9. The van der Waals surface area contributed by atoms with Crippen LogP contribution >= 0.6 is 0 Å². The molecule has 0 aromatic carbocycles. The van der Waals surface area contributed by atoms with Gasteiger partial charge in [-0.2, -0.15) is 0 Å². The van der Waals surface area contributed by atoms with Gasteiger partial charge >= 0.3 is 12.1 Å². The smallest absolute Gasteiger partial charge is 0.325 e. The zero-order chi connectivity index (χ0) is 20.3. The van der Waals surface area contributed by atoms with Gasteiger partial charge in [0.25, 0.3) is 5.91 Å². The molecule has 3 fully saturated rings. The van der Waals surface area contributed by atoms with Gasteiger partial charge in [-0.1, -0.05) is 39.0 Å². The van der Waals surface area contributed by atoms with E-state index in [4.69, 9.17) is 0 Å². The first-order valence-electron chi connectivity index (χ1n) is 10.6. The van der Waals surface area contributed by atoms with Gasteiger partial charge < -0.3 is 10.6 Å².